The smallest absolute Gasteiger partial charge is 0.425 e. The van der Waals surface area contributed by atoms with Crippen LogP contribution in [-0.2, 0) is 23.6 Å². The van der Waals surface area contributed by atoms with Gasteiger partial charge in [0.25, 0.3) is 0 Å². The lowest BCUT2D eigenvalue weighted by atomic mass is 9.83. The van der Waals surface area contributed by atoms with Gasteiger partial charge in [-0.3, -0.25) is 14.6 Å². The lowest BCUT2D eigenvalue weighted by Crippen LogP contribution is -2.53. The van der Waals surface area contributed by atoms with Crippen LogP contribution in [0, 0.1) is 5.92 Å². The molecular formula is C37H45ClF6N4O3S. The summed E-state index contributed by atoms with van der Waals surface area (Å²) in [4.78, 5) is 33.9. The monoisotopic (exact) mass is 774 g/mol. The number of methoxy groups -OCH3 is 1. The van der Waals surface area contributed by atoms with Crippen molar-refractivity contribution in [3.63, 3.8) is 0 Å². The van der Waals surface area contributed by atoms with Gasteiger partial charge in [0.05, 0.1) is 24.6 Å². The average Bonchev–Trinajstić information content (AvgIpc) is 3.82. The number of aldehydes is 1. The zero-order valence-electron chi connectivity index (χ0n) is 29.5. The van der Waals surface area contributed by atoms with Gasteiger partial charge in [-0.05, 0) is 101 Å². The second-order valence-corrected chi connectivity index (χ2v) is 14.5. The molecule has 0 bridgehead atoms. The summed E-state index contributed by atoms with van der Waals surface area (Å²) in [5.41, 5.74) is 1.07. The van der Waals surface area contributed by atoms with E-state index >= 15 is 0 Å². The Morgan fingerprint density at radius 1 is 1.04 bits per heavy atom. The molecule has 1 aromatic carbocycles. The van der Waals surface area contributed by atoms with E-state index in [9.17, 15) is 35.9 Å². The molecular weight excluding hydrogens is 730 g/mol. The summed E-state index contributed by atoms with van der Waals surface area (Å²) in [5.74, 6) is 0.783. The SMILES string of the molecule is CCC[C@@H]1[C@H](C(=O)N2CCc3cc(Cl)ccc3C2CN2CCCC2)CCCN1C.COc1csc(C(F)(F)F)c1.O=Cc1ncccc1C(F)(F)F. The van der Waals surface area contributed by atoms with Gasteiger partial charge in [-0.1, -0.05) is 31.0 Å². The Kier molecular flexibility index (Phi) is 15.0. The Balaban J connectivity index is 0.000000216. The summed E-state index contributed by atoms with van der Waals surface area (Å²) in [6, 6.07) is 9.77. The molecule has 15 heteroatoms. The molecule has 7 nitrogen and oxygen atoms in total. The Bertz CT molecular complexity index is 1610. The van der Waals surface area contributed by atoms with E-state index in [1.807, 2.05) is 6.07 Å². The largest absolute Gasteiger partial charge is 0.496 e. The molecule has 3 atom stereocenters. The third-order valence-corrected chi connectivity index (χ3v) is 10.9. The molecule has 2 aromatic heterocycles. The predicted octanol–water partition coefficient (Wildman–Crippen LogP) is 9.06. The van der Waals surface area contributed by atoms with Gasteiger partial charge in [-0.15, -0.1) is 11.3 Å². The van der Waals surface area contributed by atoms with E-state index in [0.717, 1.165) is 94.2 Å². The molecule has 286 valence electrons. The number of ether oxygens (including phenoxy) is 1. The number of benzene rings is 1. The molecule has 0 N–H and O–H groups in total. The van der Waals surface area contributed by atoms with Crippen molar-refractivity contribution in [1.29, 1.82) is 0 Å². The van der Waals surface area contributed by atoms with Crippen molar-refractivity contribution < 1.29 is 40.7 Å². The number of carbonyl (C=O) groups excluding carboxylic acids is 2. The fourth-order valence-corrected chi connectivity index (χ4v) is 8.04. The number of rotatable bonds is 7. The highest BCUT2D eigenvalue weighted by Gasteiger charge is 2.41. The maximum absolute atomic E-state index is 13.9. The minimum absolute atomic E-state index is 0.0861. The first kappa shape index (κ1) is 41.6. The summed E-state index contributed by atoms with van der Waals surface area (Å²) in [6.45, 7) is 7.46. The highest BCUT2D eigenvalue weighted by atomic mass is 35.5. The third-order valence-electron chi connectivity index (χ3n) is 9.68. The molecule has 1 unspecified atom stereocenters. The number of halogens is 7. The third kappa shape index (κ3) is 10.9. The Hall–Kier alpha value is -3.20. The first-order chi connectivity index (χ1) is 24.7. The number of pyridine rings is 1. The molecule has 1 amide bonds. The van der Waals surface area contributed by atoms with Crippen LogP contribution in [0.4, 0.5) is 26.3 Å². The van der Waals surface area contributed by atoms with Gasteiger partial charge in [-0.25, -0.2) is 0 Å². The standard InChI is InChI=1S/C24H36ClN3O.C7H4F3NO.C6H5F3OS/c1-3-7-22-21(8-6-12-26(22)2)24(29)28-15-11-18-16-19(25)9-10-20(18)23(28)17-27-13-4-5-14-27;8-7(9,10)5-2-1-3-11-6(5)4-12;1-10-4-2-5(11-3-4)6(7,8)9/h9-10,16,21-23H,3-8,11-15,17H2,1-2H3;1-4H;2-3H,1H3/t21-,22-,23?;;/m1../s1. The number of alkyl halides is 6. The zero-order chi connectivity index (χ0) is 38.1. The van der Waals surface area contributed by atoms with E-state index in [-0.39, 0.29) is 24.0 Å². The van der Waals surface area contributed by atoms with E-state index in [2.05, 4.69) is 50.5 Å². The van der Waals surface area contributed by atoms with E-state index in [0.29, 0.717) is 23.3 Å². The van der Waals surface area contributed by atoms with Crippen LogP contribution in [-0.4, -0.2) is 84.8 Å². The van der Waals surface area contributed by atoms with Crippen LogP contribution in [0.15, 0.2) is 48.0 Å². The topological polar surface area (TPSA) is 66.0 Å². The summed E-state index contributed by atoms with van der Waals surface area (Å²) in [5, 5.41) is 2.13. The maximum atomic E-state index is 13.9. The second-order valence-electron chi connectivity index (χ2n) is 13.1. The number of hydrogen-bond donors (Lipinski definition) is 0. The Morgan fingerprint density at radius 2 is 1.77 bits per heavy atom. The van der Waals surface area contributed by atoms with Gasteiger partial charge in [0.15, 0.2) is 6.29 Å². The quantitative estimate of drug-likeness (QED) is 0.176. The number of nitrogens with zero attached hydrogens (tertiary/aromatic N) is 4. The molecule has 0 aliphatic carbocycles. The van der Waals surface area contributed by atoms with Crippen LogP contribution in [0.3, 0.4) is 0 Å². The van der Waals surface area contributed by atoms with E-state index < -0.39 is 28.5 Å². The van der Waals surface area contributed by atoms with Crippen LogP contribution in [0.1, 0.15) is 83.5 Å². The molecule has 52 heavy (non-hydrogen) atoms. The van der Waals surface area contributed by atoms with Crippen LogP contribution in [0.2, 0.25) is 5.02 Å². The number of carbonyl (C=O) groups is 2. The molecule has 3 aliphatic rings. The number of fused-ring (bicyclic) bond motifs is 1. The predicted molar refractivity (Wildman–Crippen MR) is 190 cm³/mol. The van der Waals surface area contributed by atoms with Crippen LogP contribution in [0.25, 0.3) is 0 Å². The number of aromatic nitrogens is 1. The fraction of sp³-hybridized carbons (Fsp3) is 0.541. The summed E-state index contributed by atoms with van der Waals surface area (Å²) in [6.07, 6.45) is 0.354. The lowest BCUT2D eigenvalue weighted by Gasteiger charge is -2.45. The second kappa shape index (κ2) is 18.7. The van der Waals surface area contributed by atoms with Crippen LogP contribution >= 0.6 is 22.9 Å². The number of thiophene rings is 1. The lowest BCUT2D eigenvalue weighted by molar-refractivity contribution is -0.143. The van der Waals surface area contributed by atoms with Crippen molar-refractivity contribution in [1.82, 2.24) is 19.7 Å². The summed E-state index contributed by atoms with van der Waals surface area (Å²) >= 11 is 6.92. The molecule has 5 heterocycles. The maximum Gasteiger partial charge on any atom is 0.425 e. The number of amides is 1. The zero-order valence-corrected chi connectivity index (χ0v) is 31.1. The Labute approximate surface area is 309 Å². The van der Waals surface area contributed by atoms with Crippen molar-refractivity contribution in [2.24, 2.45) is 5.92 Å². The van der Waals surface area contributed by atoms with Crippen LogP contribution < -0.4 is 4.74 Å². The first-order valence-electron chi connectivity index (χ1n) is 17.4. The first-order valence-corrected chi connectivity index (χ1v) is 18.6. The summed E-state index contributed by atoms with van der Waals surface area (Å²) in [7, 11) is 3.54. The fourth-order valence-electron chi connectivity index (χ4n) is 7.12. The van der Waals surface area contributed by atoms with Gasteiger partial charge in [0.1, 0.15) is 16.3 Å². The van der Waals surface area contributed by atoms with Gasteiger partial charge < -0.3 is 19.4 Å². The van der Waals surface area contributed by atoms with Gasteiger partial charge >= 0.3 is 12.4 Å². The molecule has 0 saturated carbocycles. The molecule has 2 saturated heterocycles. The van der Waals surface area contributed by atoms with Crippen molar-refractivity contribution in [2.75, 3.05) is 46.9 Å². The number of likely N-dealkylation sites (tertiary alicyclic amines) is 2. The average molecular weight is 775 g/mol. The van der Waals surface area contributed by atoms with Crippen molar-refractivity contribution >= 4 is 35.1 Å². The molecule has 3 aliphatic heterocycles. The highest BCUT2D eigenvalue weighted by Crippen LogP contribution is 2.38. The normalized spacial score (nSPS) is 21.0. The van der Waals surface area contributed by atoms with E-state index in [4.69, 9.17) is 11.6 Å². The van der Waals surface area contributed by atoms with Crippen LogP contribution in [0.5, 0.6) is 5.75 Å². The van der Waals surface area contributed by atoms with E-state index in [1.54, 1.807) is 0 Å². The molecule has 6 rings (SSSR count). The van der Waals surface area contributed by atoms with Gasteiger partial charge in [0.2, 0.25) is 5.91 Å². The van der Waals surface area contributed by atoms with Crippen molar-refractivity contribution in [2.45, 2.75) is 76.3 Å². The van der Waals surface area contributed by atoms with Gasteiger partial charge in [0, 0.05) is 41.8 Å². The molecule has 0 radical (unpaired) electrons. The molecule has 0 spiro atoms. The minimum Gasteiger partial charge on any atom is -0.496 e. The summed E-state index contributed by atoms with van der Waals surface area (Å²) < 4.78 is 76.4. The minimum atomic E-state index is -4.51. The van der Waals surface area contributed by atoms with E-state index in [1.165, 1.54) is 36.5 Å². The highest BCUT2D eigenvalue weighted by molar-refractivity contribution is 7.10. The van der Waals surface area contributed by atoms with Crippen molar-refractivity contribution in [3.05, 3.63) is 80.3 Å². The molecule has 3 aromatic rings. The number of hydrogen-bond acceptors (Lipinski definition) is 7. The van der Waals surface area contributed by atoms with Crippen molar-refractivity contribution in [3.8, 4) is 5.75 Å². The molecule has 2 fully saturated rings. The Morgan fingerprint density at radius 3 is 2.35 bits per heavy atom. The van der Waals surface area contributed by atoms with Gasteiger partial charge in [-0.2, -0.15) is 26.3 Å². The number of piperidine rings is 1.